The van der Waals surface area contributed by atoms with E-state index >= 15 is 0 Å². The summed E-state index contributed by atoms with van der Waals surface area (Å²) in [7, 11) is 0. The molecule has 0 aliphatic heterocycles. The van der Waals surface area contributed by atoms with Crippen molar-refractivity contribution < 1.29 is 4.79 Å². The molecule has 1 heterocycles. The van der Waals surface area contributed by atoms with Crippen LogP contribution in [0.25, 0.3) is 11.3 Å². The topological polar surface area (TPSA) is 42.9 Å². The van der Waals surface area contributed by atoms with E-state index in [1.54, 1.807) is 24.3 Å². The van der Waals surface area contributed by atoms with Crippen LogP contribution in [0.5, 0.6) is 0 Å². The van der Waals surface area contributed by atoms with Crippen molar-refractivity contribution in [3.63, 3.8) is 0 Å². The molecular formula is C12H8Cl2N2O. The van der Waals surface area contributed by atoms with Gasteiger partial charge in [0.05, 0.1) is 10.7 Å². The average Bonchev–Trinajstić information content (AvgIpc) is 2.29. The summed E-state index contributed by atoms with van der Waals surface area (Å²) in [4.78, 5) is 19.2. The molecule has 0 spiro atoms. The highest BCUT2D eigenvalue weighted by Gasteiger charge is 2.09. The summed E-state index contributed by atoms with van der Waals surface area (Å²) in [5, 5.41) is 1.05. The maximum Gasteiger partial charge on any atom is 0.196 e. The minimum Gasteiger partial charge on any atom is -0.291 e. The molecule has 17 heavy (non-hydrogen) atoms. The summed E-state index contributed by atoms with van der Waals surface area (Å²) in [5.74, 6) is -0.00884. The second-order valence-corrected chi connectivity index (χ2v) is 4.29. The van der Waals surface area contributed by atoms with Crippen LogP contribution in [0, 0.1) is 0 Å². The zero-order chi connectivity index (χ0) is 12.4. The number of carbonyl (C=O) groups excluding carboxylic acids is 1. The molecule has 0 bridgehead atoms. The van der Waals surface area contributed by atoms with Gasteiger partial charge in [0.2, 0.25) is 0 Å². The average molecular weight is 267 g/mol. The van der Waals surface area contributed by atoms with Crippen LogP contribution in [-0.4, -0.2) is 15.8 Å². The van der Waals surface area contributed by atoms with Crippen molar-refractivity contribution in [3.05, 3.63) is 46.3 Å². The Morgan fingerprint density at radius 3 is 2.65 bits per heavy atom. The molecule has 0 radical (unpaired) electrons. The van der Waals surface area contributed by atoms with Crippen molar-refractivity contribution in [3.8, 4) is 11.3 Å². The first-order chi connectivity index (χ1) is 8.08. The van der Waals surface area contributed by atoms with Gasteiger partial charge in [-0.25, -0.2) is 9.97 Å². The molecular weight excluding hydrogens is 259 g/mol. The van der Waals surface area contributed by atoms with E-state index in [4.69, 9.17) is 23.2 Å². The second-order valence-electron chi connectivity index (χ2n) is 3.45. The standard InChI is InChI=1S/C12H8Cl2N2O/c1-7(17)12-15-5-4-11(16-12)9-3-2-8(13)6-10(9)14/h2-6H,1H3. The van der Waals surface area contributed by atoms with Gasteiger partial charge in [-0.15, -0.1) is 0 Å². The van der Waals surface area contributed by atoms with Gasteiger partial charge in [-0.3, -0.25) is 4.79 Å². The first-order valence-corrected chi connectivity index (χ1v) is 5.63. The number of Topliss-reactive ketones (excluding diaryl/α,β-unsaturated/α-hetero) is 1. The molecule has 0 atom stereocenters. The number of rotatable bonds is 2. The Hall–Kier alpha value is -1.45. The highest BCUT2D eigenvalue weighted by molar-refractivity contribution is 6.36. The SMILES string of the molecule is CC(=O)c1nccc(-c2ccc(Cl)cc2Cl)n1. The van der Waals surface area contributed by atoms with Gasteiger partial charge in [-0.05, 0) is 24.3 Å². The third kappa shape index (κ3) is 2.62. The molecule has 0 N–H and O–H groups in total. The van der Waals surface area contributed by atoms with Crippen LogP contribution >= 0.6 is 23.2 Å². The normalized spacial score (nSPS) is 10.3. The Labute approximate surface area is 108 Å². The van der Waals surface area contributed by atoms with E-state index in [-0.39, 0.29) is 11.6 Å². The molecule has 0 saturated heterocycles. The van der Waals surface area contributed by atoms with E-state index in [1.165, 1.54) is 13.1 Å². The third-order valence-electron chi connectivity index (χ3n) is 2.18. The van der Waals surface area contributed by atoms with Crippen LogP contribution in [0.2, 0.25) is 10.0 Å². The van der Waals surface area contributed by atoms with Crippen LogP contribution in [0.1, 0.15) is 17.5 Å². The minimum atomic E-state index is -0.183. The van der Waals surface area contributed by atoms with Gasteiger partial charge in [0.25, 0.3) is 0 Å². The predicted octanol–water partition coefficient (Wildman–Crippen LogP) is 3.65. The van der Waals surface area contributed by atoms with Gasteiger partial charge >= 0.3 is 0 Å². The van der Waals surface area contributed by atoms with E-state index in [9.17, 15) is 4.79 Å². The molecule has 5 heteroatoms. The number of carbonyl (C=O) groups is 1. The molecule has 3 nitrogen and oxygen atoms in total. The van der Waals surface area contributed by atoms with Gasteiger partial charge in [-0.2, -0.15) is 0 Å². The van der Waals surface area contributed by atoms with E-state index in [1.807, 2.05) is 0 Å². The lowest BCUT2D eigenvalue weighted by Crippen LogP contribution is -2.01. The fourth-order valence-electron chi connectivity index (χ4n) is 1.38. The maximum absolute atomic E-state index is 11.2. The van der Waals surface area contributed by atoms with Gasteiger partial charge < -0.3 is 0 Å². The smallest absolute Gasteiger partial charge is 0.196 e. The molecule has 86 valence electrons. The van der Waals surface area contributed by atoms with E-state index in [2.05, 4.69) is 9.97 Å². The molecule has 0 amide bonds. The lowest BCUT2D eigenvalue weighted by atomic mass is 10.1. The number of nitrogens with zero attached hydrogens (tertiary/aromatic N) is 2. The summed E-state index contributed by atoms with van der Waals surface area (Å²) in [6, 6.07) is 6.81. The monoisotopic (exact) mass is 266 g/mol. The Kier molecular flexibility index (Phi) is 3.41. The molecule has 0 unspecified atom stereocenters. The van der Waals surface area contributed by atoms with Crippen molar-refractivity contribution in [1.82, 2.24) is 9.97 Å². The Bertz CT molecular complexity index is 584. The molecule has 0 aliphatic carbocycles. The summed E-state index contributed by atoms with van der Waals surface area (Å²) in [6.07, 6.45) is 1.53. The predicted molar refractivity (Wildman–Crippen MR) is 67.5 cm³/mol. The lowest BCUT2D eigenvalue weighted by Gasteiger charge is -2.04. The highest BCUT2D eigenvalue weighted by atomic mass is 35.5. The minimum absolute atomic E-state index is 0.175. The second kappa shape index (κ2) is 4.82. The first kappa shape index (κ1) is 12.0. The number of benzene rings is 1. The van der Waals surface area contributed by atoms with Crippen LogP contribution in [-0.2, 0) is 0 Å². The summed E-state index contributed by atoms with van der Waals surface area (Å²) in [6.45, 7) is 1.42. The quantitative estimate of drug-likeness (QED) is 0.780. The third-order valence-corrected chi connectivity index (χ3v) is 2.73. The first-order valence-electron chi connectivity index (χ1n) is 4.87. The van der Waals surface area contributed by atoms with Crippen molar-refractivity contribution >= 4 is 29.0 Å². The van der Waals surface area contributed by atoms with Gasteiger partial charge in [0, 0.05) is 23.7 Å². The molecule has 1 aromatic heterocycles. The summed E-state index contributed by atoms with van der Waals surface area (Å²) in [5.41, 5.74) is 1.33. The van der Waals surface area contributed by atoms with Gasteiger partial charge in [0.1, 0.15) is 0 Å². The van der Waals surface area contributed by atoms with Crippen LogP contribution in [0.4, 0.5) is 0 Å². The van der Waals surface area contributed by atoms with Crippen LogP contribution < -0.4 is 0 Å². The summed E-state index contributed by atoms with van der Waals surface area (Å²) < 4.78 is 0. The zero-order valence-electron chi connectivity index (χ0n) is 8.95. The molecule has 2 rings (SSSR count). The zero-order valence-corrected chi connectivity index (χ0v) is 10.5. The van der Waals surface area contributed by atoms with Gasteiger partial charge in [0.15, 0.2) is 11.6 Å². The summed E-state index contributed by atoms with van der Waals surface area (Å²) >= 11 is 11.9. The maximum atomic E-state index is 11.2. The van der Waals surface area contributed by atoms with Crippen molar-refractivity contribution in [2.24, 2.45) is 0 Å². The molecule has 0 aliphatic rings. The Morgan fingerprint density at radius 1 is 1.24 bits per heavy atom. The molecule has 0 fully saturated rings. The van der Waals surface area contributed by atoms with E-state index in [0.717, 1.165) is 5.56 Å². The molecule has 0 saturated carbocycles. The Balaban J connectivity index is 2.53. The van der Waals surface area contributed by atoms with Crippen LogP contribution in [0.15, 0.2) is 30.5 Å². The lowest BCUT2D eigenvalue weighted by molar-refractivity contribution is 0.100. The number of hydrogen-bond acceptors (Lipinski definition) is 3. The number of halogens is 2. The number of hydrogen-bond donors (Lipinski definition) is 0. The number of ketones is 1. The van der Waals surface area contributed by atoms with Gasteiger partial charge in [-0.1, -0.05) is 23.2 Å². The highest BCUT2D eigenvalue weighted by Crippen LogP contribution is 2.28. The fourth-order valence-corrected chi connectivity index (χ4v) is 1.88. The van der Waals surface area contributed by atoms with Crippen molar-refractivity contribution in [1.29, 1.82) is 0 Å². The van der Waals surface area contributed by atoms with Crippen LogP contribution in [0.3, 0.4) is 0 Å². The van der Waals surface area contributed by atoms with E-state index < -0.39 is 0 Å². The molecule has 1 aromatic carbocycles. The van der Waals surface area contributed by atoms with Crippen molar-refractivity contribution in [2.75, 3.05) is 0 Å². The van der Waals surface area contributed by atoms with E-state index in [0.29, 0.717) is 15.7 Å². The largest absolute Gasteiger partial charge is 0.291 e. The Morgan fingerprint density at radius 2 is 2.00 bits per heavy atom. The van der Waals surface area contributed by atoms with Crippen molar-refractivity contribution in [2.45, 2.75) is 6.92 Å². The number of aromatic nitrogens is 2. The fraction of sp³-hybridized carbons (Fsp3) is 0.0833. The molecule has 2 aromatic rings.